The van der Waals surface area contributed by atoms with Gasteiger partial charge in [-0.25, -0.2) is 4.98 Å². The van der Waals surface area contributed by atoms with Crippen molar-refractivity contribution in [1.82, 2.24) is 9.97 Å². The maximum atomic E-state index is 11.6. The third-order valence-corrected chi connectivity index (χ3v) is 2.56. The molecule has 1 aromatic heterocycles. The van der Waals surface area contributed by atoms with Crippen molar-refractivity contribution >= 4 is 10.9 Å². The van der Waals surface area contributed by atoms with Gasteiger partial charge in [-0.05, 0) is 30.5 Å². The van der Waals surface area contributed by atoms with Crippen LogP contribution in [0.4, 0.5) is 0 Å². The standard InChI is InChI=1S/C11H12N2O/c1-3-8-4-5-9-10(7(8)2)11(14)13-6-12-9/h4-6H,3H2,1-2H3,(H,12,13,14). The fourth-order valence-electron chi connectivity index (χ4n) is 1.75. The van der Waals surface area contributed by atoms with E-state index in [1.807, 2.05) is 19.1 Å². The molecular weight excluding hydrogens is 176 g/mol. The van der Waals surface area contributed by atoms with Gasteiger partial charge in [0.15, 0.2) is 0 Å². The minimum absolute atomic E-state index is 0.0530. The number of aryl methyl sites for hydroxylation is 2. The first-order valence-corrected chi connectivity index (χ1v) is 4.70. The van der Waals surface area contributed by atoms with Crippen molar-refractivity contribution in [3.63, 3.8) is 0 Å². The number of benzene rings is 1. The molecule has 0 fully saturated rings. The van der Waals surface area contributed by atoms with Gasteiger partial charge >= 0.3 is 0 Å². The van der Waals surface area contributed by atoms with E-state index in [-0.39, 0.29) is 5.56 Å². The Morgan fingerprint density at radius 3 is 2.93 bits per heavy atom. The number of hydrogen-bond acceptors (Lipinski definition) is 2. The summed E-state index contributed by atoms with van der Waals surface area (Å²) in [6.45, 7) is 4.05. The maximum absolute atomic E-state index is 11.6. The number of H-pyrrole nitrogens is 1. The lowest BCUT2D eigenvalue weighted by Gasteiger charge is -2.05. The average Bonchev–Trinajstić information content (AvgIpc) is 2.18. The normalized spacial score (nSPS) is 10.7. The van der Waals surface area contributed by atoms with Crippen molar-refractivity contribution in [1.29, 1.82) is 0 Å². The predicted molar refractivity (Wildman–Crippen MR) is 56.5 cm³/mol. The van der Waals surface area contributed by atoms with Crippen molar-refractivity contribution in [2.75, 3.05) is 0 Å². The lowest BCUT2D eigenvalue weighted by atomic mass is 10.0. The summed E-state index contributed by atoms with van der Waals surface area (Å²) >= 11 is 0. The van der Waals surface area contributed by atoms with Crippen LogP contribution < -0.4 is 5.56 Å². The van der Waals surface area contributed by atoms with E-state index < -0.39 is 0 Å². The van der Waals surface area contributed by atoms with Crippen LogP contribution >= 0.6 is 0 Å². The third-order valence-electron chi connectivity index (χ3n) is 2.56. The Morgan fingerprint density at radius 1 is 1.43 bits per heavy atom. The molecule has 0 saturated carbocycles. The number of fused-ring (bicyclic) bond motifs is 1. The summed E-state index contributed by atoms with van der Waals surface area (Å²) in [4.78, 5) is 18.3. The van der Waals surface area contributed by atoms with Crippen molar-refractivity contribution in [3.05, 3.63) is 39.9 Å². The van der Waals surface area contributed by atoms with Gasteiger partial charge in [0.2, 0.25) is 0 Å². The van der Waals surface area contributed by atoms with E-state index in [1.54, 1.807) is 0 Å². The fraction of sp³-hybridized carbons (Fsp3) is 0.273. The van der Waals surface area contributed by atoms with Gasteiger partial charge in [-0.1, -0.05) is 13.0 Å². The Morgan fingerprint density at radius 2 is 2.21 bits per heavy atom. The molecular formula is C11H12N2O. The summed E-state index contributed by atoms with van der Waals surface area (Å²) in [5, 5.41) is 0.715. The molecule has 2 rings (SSSR count). The number of hydrogen-bond donors (Lipinski definition) is 1. The van der Waals surface area contributed by atoms with Crippen LogP contribution in [0.15, 0.2) is 23.3 Å². The van der Waals surface area contributed by atoms with E-state index in [0.717, 1.165) is 17.5 Å². The zero-order valence-electron chi connectivity index (χ0n) is 8.29. The Bertz CT molecular complexity index is 528. The molecule has 0 aliphatic heterocycles. The molecule has 1 heterocycles. The summed E-state index contributed by atoms with van der Waals surface area (Å²) in [7, 11) is 0. The first-order valence-electron chi connectivity index (χ1n) is 4.70. The molecule has 0 saturated heterocycles. The molecule has 72 valence electrons. The molecule has 0 amide bonds. The highest BCUT2D eigenvalue weighted by Crippen LogP contribution is 2.16. The molecule has 0 aliphatic carbocycles. The Hall–Kier alpha value is -1.64. The molecule has 1 N–H and O–H groups in total. The summed E-state index contributed by atoms with van der Waals surface area (Å²) in [5.74, 6) is 0. The molecule has 3 heteroatoms. The monoisotopic (exact) mass is 188 g/mol. The molecule has 14 heavy (non-hydrogen) atoms. The van der Waals surface area contributed by atoms with Gasteiger partial charge in [-0.3, -0.25) is 4.79 Å². The highest BCUT2D eigenvalue weighted by Gasteiger charge is 2.05. The molecule has 0 bridgehead atoms. The predicted octanol–water partition coefficient (Wildman–Crippen LogP) is 1.79. The first kappa shape index (κ1) is 8.94. The first-order chi connectivity index (χ1) is 6.74. The Balaban J connectivity index is 2.94. The average molecular weight is 188 g/mol. The number of rotatable bonds is 1. The van der Waals surface area contributed by atoms with E-state index in [1.165, 1.54) is 11.9 Å². The van der Waals surface area contributed by atoms with Crippen LogP contribution in [0.1, 0.15) is 18.1 Å². The van der Waals surface area contributed by atoms with Crippen molar-refractivity contribution in [2.45, 2.75) is 20.3 Å². The van der Waals surface area contributed by atoms with Crippen LogP contribution in [-0.4, -0.2) is 9.97 Å². The van der Waals surface area contributed by atoms with E-state index in [2.05, 4.69) is 16.9 Å². The zero-order chi connectivity index (χ0) is 10.1. The summed E-state index contributed by atoms with van der Waals surface area (Å²) in [6.07, 6.45) is 2.38. The van der Waals surface area contributed by atoms with Gasteiger partial charge in [0.25, 0.3) is 5.56 Å². The fourth-order valence-corrected chi connectivity index (χ4v) is 1.75. The van der Waals surface area contributed by atoms with Gasteiger partial charge in [0.1, 0.15) is 0 Å². The van der Waals surface area contributed by atoms with Gasteiger partial charge < -0.3 is 4.98 Å². The van der Waals surface area contributed by atoms with Crippen LogP contribution in [0, 0.1) is 6.92 Å². The quantitative estimate of drug-likeness (QED) is 0.741. The second kappa shape index (κ2) is 3.25. The number of aromatic nitrogens is 2. The van der Waals surface area contributed by atoms with Gasteiger partial charge in [0, 0.05) is 0 Å². The minimum atomic E-state index is -0.0530. The van der Waals surface area contributed by atoms with Gasteiger partial charge in [0.05, 0.1) is 17.2 Å². The number of nitrogens with one attached hydrogen (secondary N) is 1. The lowest BCUT2D eigenvalue weighted by Crippen LogP contribution is -2.08. The highest BCUT2D eigenvalue weighted by atomic mass is 16.1. The van der Waals surface area contributed by atoms with Crippen LogP contribution in [0.3, 0.4) is 0 Å². The smallest absolute Gasteiger partial charge is 0.258 e. The van der Waals surface area contributed by atoms with Crippen LogP contribution in [0.5, 0.6) is 0 Å². The third kappa shape index (κ3) is 1.21. The maximum Gasteiger partial charge on any atom is 0.258 e. The molecule has 3 nitrogen and oxygen atoms in total. The Labute approximate surface area is 81.8 Å². The van der Waals surface area contributed by atoms with E-state index in [9.17, 15) is 4.79 Å². The van der Waals surface area contributed by atoms with Crippen molar-refractivity contribution in [2.24, 2.45) is 0 Å². The second-order valence-corrected chi connectivity index (χ2v) is 3.33. The van der Waals surface area contributed by atoms with Crippen molar-refractivity contribution < 1.29 is 0 Å². The molecule has 0 radical (unpaired) electrons. The van der Waals surface area contributed by atoms with E-state index in [0.29, 0.717) is 5.39 Å². The molecule has 2 aromatic rings. The van der Waals surface area contributed by atoms with Crippen LogP contribution in [0.25, 0.3) is 10.9 Å². The number of nitrogens with zero attached hydrogens (tertiary/aromatic N) is 1. The number of aromatic amines is 1. The summed E-state index contributed by atoms with van der Waals surface area (Å²) in [6, 6.07) is 3.93. The Kier molecular flexibility index (Phi) is 2.08. The van der Waals surface area contributed by atoms with E-state index in [4.69, 9.17) is 0 Å². The molecule has 0 spiro atoms. The van der Waals surface area contributed by atoms with Gasteiger partial charge in [-0.15, -0.1) is 0 Å². The lowest BCUT2D eigenvalue weighted by molar-refractivity contribution is 1.10. The zero-order valence-corrected chi connectivity index (χ0v) is 8.29. The van der Waals surface area contributed by atoms with E-state index >= 15 is 0 Å². The SMILES string of the molecule is CCc1ccc2nc[nH]c(=O)c2c1C. The topological polar surface area (TPSA) is 45.8 Å². The summed E-state index contributed by atoms with van der Waals surface area (Å²) < 4.78 is 0. The van der Waals surface area contributed by atoms with Crippen molar-refractivity contribution in [3.8, 4) is 0 Å². The molecule has 0 aliphatic rings. The largest absolute Gasteiger partial charge is 0.313 e. The van der Waals surface area contributed by atoms with Crippen LogP contribution in [0.2, 0.25) is 0 Å². The second-order valence-electron chi connectivity index (χ2n) is 3.33. The minimum Gasteiger partial charge on any atom is -0.313 e. The molecule has 0 unspecified atom stereocenters. The molecule has 0 atom stereocenters. The highest BCUT2D eigenvalue weighted by molar-refractivity contribution is 5.81. The molecule has 1 aromatic carbocycles. The van der Waals surface area contributed by atoms with Crippen LogP contribution in [-0.2, 0) is 6.42 Å². The van der Waals surface area contributed by atoms with Gasteiger partial charge in [-0.2, -0.15) is 0 Å². The summed E-state index contributed by atoms with van der Waals surface area (Å²) in [5.41, 5.74) is 2.96.